The van der Waals surface area contributed by atoms with Gasteiger partial charge in [0.15, 0.2) is 0 Å². The summed E-state index contributed by atoms with van der Waals surface area (Å²) in [6, 6.07) is 6.85. The average Bonchev–Trinajstić information content (AvgIpc) is 3.27. The Morgan fingerprint density at radius 1 is 1.16 bits per heavy atom. The first-order chi connectivity index (χ1) is 14.8. The average molecular weight is 421 g/mol. The van der Waals surface area contributed by atoms with Gasteiger partial charge >= 0.3 is 0 Å². The molecule has 1 spiro atoms. The Hall–Kier alpha value is -1.98. The van der Waals surface area contributed by atoms with Crippen molar-refractivity contribution < 1.29 is 5.11 Å². The van der Waals surface area contributed by atoms with Gasteiger partial charge in [0.05, 0.1) is 0 Å². The monoisotopic (exact) mass is 420 g/mol. The lowest BCUT2D eigenvalue weighted by Gasteiger charge is -2.45. The number of benzene rings is 1. The third-order valence-corrected chi connectivity index (χ3v) is 7.96. The summed E-state index contributed by atoms with van der Waals surface area (Å²) in [5.41, 5.74) is 6.97. The molecule has 1 aromatic carbocycles. The van der Waals surface area contributed by atoms with Crippen LogP contribution in [0.3, 0.4) is 0 Å². The molecule has 2 aliphatic heterocycles. The summed E-state index contributed by atoms with van der Waals surface area (Å²) in [6.45, 7) is 12.7. The van der Waals surface area contributed by atoms with Gasteiger partial charge in [-0.05, 0) is 89.1 Å². The Balaban J connectivity index is 1.57. The van der Waals surface area contributed by atoms with E-state index in [1.807, 2.05) is 0 Å². The van der Waals surface area contributed by atoms with E-state index in [1.165, 1.54) is 47.3 Å². The first-order valence-corrected chi connectivity index (χ1v) is 11.9. The fraction of sp³-hybridized carbons (Fsp3) is 0.615. The van der Waals surface area contributed by atoms with Crippen LogP contribution in [0, 0.1) is 0 Å². The van der Waals surface area contributed by atoms with Gasteiger partial charge in [-0.2, -0.15) is 0 Å². The molecule has 2 aromatic rings. The summed E-state index contributed by atoms with van der Waals surface area (Å²) in [6.07, 6.45) is 7.05. The summed E-state index contributed by atoms with van der Waals surface area (Å²) >= 11 is 0. The molecule has 0 bridgehead atoms. The molecule has 5 nitrogen and oxygen atoms in total. The first-order valence-electron chi connectivity index (χ1n) is 11.9. The van der Waals surface area contributed by atoms with Crippen LogP contribution in [0.5, 0.6) is 0 Å². The standard InChI is InChI=1S/C26H36N4O/c1-18-5-7-21-23(18)24(28-17-27-21)30-16-26(10-12-29(13-11-26)25(2,3)4)20-15-19(9-14-31)6-8-22(20)30/h6,8,15,17-18,31H,5,7,9-14,16H2,1-4H3/t18-/m1/s1. The van der Waals surface area contributed by atoms with E-state index in [2.05, 4.69) is 60.7 Å². The summed E-state index contributed by atoms with van der Waals surface area (Å²) in [7, 11) is 0. The van der Waals surface area contributed by atoms with Crippen LogP contribution in [0.25, 0.3) is 0 Å². The van der Waals surface area contributed by atoms with Gasteiger partial charge in [-0.25, -0.2) is 9.97 Å². The predicted octanol–water partition coefficient (Wildman–Crippen LogP) is 4.34. The molecule has 0 saturated carbocycles. The zero-order valence-electron chi connectivity index (χ0n) is 19.5. The van der Waals surface area contributed by atoms with Crippen molar-refractivity contribution in [2.24, 2.45) is 0 Å². The van der Waals surface area contributed by atoms with Crippen molar-refractivity contribution in [1.82, 2.24) is 14.9 Å². The van der Waals surface area contributed by atoms with Gasteiger partial charge in [-0.1, -0.05) is 19.1 Å². The van der Waals surface area contributed by atoms with Crippen LogP contribution in [0.15, 0.2) is 24.5 Å². The molecule has 5 heteroatoms. The first kappa shape index (κ1) is 20.9. The van der Waals surface area contributed by atoms with E-state index in [0.29, 0.717) is 5.92 Å². The molecule has 1 fully saturated rings. The lowest BCUT2D eigenvalue weighted by Crippen LogP contribution is -2.51. The van der Waals surface area contributed by atoms with E-state index >= 15 is 0 Å². The van der Waals surface area contributed by atoms with Crippen LogP contribution in [0.1, 0.15) is 75.3 Å². The highest BCUT2D eigenvalue weighted by Gasteiger charge is 2.47. The largest absolute Gasteiger partial charge is 0.396 e. The third-order valence-electron chi connectivity index (χ3n) is 7.96. The number of aliphatic hydroxyl groups is 1. The number of likely N-dealkylation sites (tertiary alicyclic amines) is 1. The lowest BCUT2D eigenvalue weighted by atomic mass is 9.73. The number of anilines is 2. The maximum atomic E-state index is 9.53. The number of hydrogen-bond donors (Lipinski definition) is 1. The molecule has 1 saturated heterocycles. The van der Waals surface area contributed by atoms with E-state index in [4.69, 9.17) is 4.98 Å². The molecule has 31 heavy (non-hydrogen) atoms. The molecule has 5 rings (SSSR count). The fourth-order valence-corrected chi connectivity index (χ4v) is 6.06. The molecule has 3 aliphatic rings. The number of fused-ring (bicyclic) bond motifs is 3. The van der Waals surface area contributed by atoms with Crippen LogP contribution in [0.2, 0.25) is 0 Å². The van der Waals surface area contributed by atoms with Crippen molar-refractivity contribution in [2.75, 3.05) is 31.1 Å². The van der Waals surface area contributed by atoms with Crippen LogP contribution < -0.4 is 4.90 Å². The molecular weight excluding hydrogens is 384 g/mol. The van der Waals surface area contributed by atoms with Crippen molar-refractivity contribution in [1.29, 1.82) is 0 Å². The van der Waals surface area contributed by atoms with Gasteiger partial charge in [0, 0.05) is 41.1 Å². The van der Waals surface area contributed by atoms with Crippen LogP contribution >= 0.6 is 0 Å². The molecule has 3 heterocycles. The summed E-state index contributed by atoms with van der Waals surface area (Å²) in [5.74, 6) is 1.64. The maximum Gasteiger partial charge on any atom is 0.140 e. The van der Waals surface area contributed by atoms with Gasteiger partial charge in [0.25, 0.3) is 0 Å². The molecule has 1 aliphatic carbocycles. The Morgan fingerprint density at radius 2 is 1.94 bits per heavy atom. The topological polar surface area (TPSA) is 52.5 Å². The van der Waals surface area contributed by atoms with Gasteiger partial charge < -0.3 is 10.0 Å². The second kappa shape index (κ2) is 7.56. The minimum absolute atomic E-state index is 0.155. The van der Waals surface area contributed by atoms with Crippen LogP contribution in [0.4, 0.5) is 11.5 Å². The molecule has 1 aromatic heterocycles. The quantitative estimate of drug-likeness (QED) is 0.800. The number of aliphatic hydroxyl groups excluding tert-OH is 1. The molecule has 0 unspecified atom stereocenters. The molecule has 0 radical (unpaired) electrons. The molecular formula is C26H36N4O. The van der Waals surface area contributed by atoms with Gasteiger partial charge in [-0.3, -0.25) is 4.90 Å². The van der Waals surface area contributed by atoms with E-state index in [-0.39, 0.29) is 17.6 Å². The van der Waals surface area contributed by atoms with Gasteiger partial charge in [-0.15, -0.1) is 0 Å². The smallest absolute Gasteiger partial charge is 0.140 e. The summed E-state index contributed by atoms with van der Waals surface area (Å²) < 4.78 is 0. The minimum atomic E-state index is 0.155. The number of piperidine rings is 1. The number of hydrogen-bond acceptors (Lipinski definition) is 5. The third kappa shape index (κ3) is 3.46. The van der Waals surface area contributed by atoms with E-state index < -0.39 is 0 Å². The number of aromatic nitrogens is 2. The van der Waals surface area contributed by atoms with E-state index in [9.17, 15) is 5.11 Å². The van der Waals surface area contributed by atoms with Crippen molar-refractivity contribution in [3.8, 4) is 0 Å². The number of nitrogens with zero attached hydrogens (tertiary/aromatic N) is 4. The summed E-state index contributed by atoms with van der Waals surface area (Å²) in [5, 5.41) is 9.53. The molecule has 0 amide bonds. The zero-order valence-corrected chi connectivity index (χ0v) is 19.5. The molecule has 1 N–H and O–H groups in total. The Morgan fingerprint density at radius 3 is 2.65 bits per heavy atom. The number of aryl methyl sites for hydroxylation is 1. The highest BCUT2D eigenvalue weighted by Crippen LogP contribution is 2.52. The molecule has 1 atom stereocenters. The van der Waals surface area contributed by atoms with Crippen LogP contribution in [-0.2, 0) is 18.3 Å². The highest BCUT2D eigenvalue weighted by molar-refractivity contribution is 5.74. The van der Waals surface area contributed by atoms with Gasteiger partial charge in [0.1, 0.15) is 12.1 Å². The Bertz CT molecular complexity index is 972. The summed E-state index contributed by atoms with van der Waals surface area (Å²) in [4.78, 5) is 14.6. The number of rotatable bonds is 3. The maximum absolute atomic E-state index is 9.53. The Kier molecular flexibility index (Phi) is 5.10. The predicted molar refractivity (Wildman–Crippen MR) is 125 cm³/mol. The minimum Gasteiger partial charge on any atom is -0.396 e. The van der Waals surface area contributed by atoms with E-state index in [0.717, 1.165) is 38.3 Å². The fourth-order valence-electron chi connectivity index (χ4n) is 6.06. The SMILES string of the molecule is C[C@@H]1CCc2ncnc(N3CC4(CCN(C(C)(C)C)CC4)c4cc(CCO)ccc43)c21. The van der Waals surface area contributed by atoms with Crippen molar-refractivity contribution in [2.45, 2.75) is 76.7 Å². The van der Waals surface area contributed by atoms with E-state index in [1.54, 1.807) is 6.33 Å². The zero-order chi connectivity index (χ0) is 21.8. The second-order valence-electron chi connectivity index (χ2n) is 10.8. The van der Waals surface area contributed by atoms with Crippen molar-refractivity contribution in [3.05, 3.63) is 46.9 Å². The van der Waals surface area contributed by atoms with Crippen molar-refractivity contribution in [3.63, 3.8) is 0 Å². The lowest BCUT2D eigenvalue weighted by molar-refractivity contribution is 0.0787. The van der Waals surface area contributed by atoms with Crippen LogP contribution in [-0.4, -0.2) is 51.8 Å². The Labute approximate surface area is 186 Å². The molecule has 166 valence electrons. The van der Waals surface area contributed by atoms with Gasteiger partial charge in [0.2, 0.25) is 0 Å². The second-order valence-corrected chi connectivity index (χ2v) is 10.8. The highest BCUT2D eigenvalue weighted by atomic mass is 16.2. The normalized spacial score (nSPS) is 22.7. The van der Waals surface area contributed by atoms with Crippen molar-refractivity contribution >= 4 is 11.5 Å².